The number of para-hydroxylation sites is 2. The first-order valence-corrected chi connectivity index (χ1v) is 5.51. The minimum Gasteiger partial charge on any atom is -0.504 e. The number of aromatic hydroxyl groups is 1. The summed E-state index contributed by atoms with van der Waals surface area (Å²) >= 11 is 0. The molecule has 0 aliphatic rings. The van der Waals surface area contributed by atoms with E-state index in [0.29, 0.717) is 11.6 Å². The highest BCUT2D eigenvalue weighted by Gasteiger charge is 2.07. The number of nitrogens with zero attached hydrogens (tertiary/aromatic N) is 2. The second kappa shape index (κ2) is 4.33. The smallest absolute Gasteiger partial charge is 0.246 e. The zero-order chi connectivity index (χ0) is 12.4. The highest BCUT2D eigenvalue weighted by molar-refractivity contribution is 5.86. The Kier molecular flexibility index (Phi) is 2.53. The monoisotopic (exact) mass is 238 g/mol. The summed E-state index contributed by atoms with van der Waals surface area (Å²) in [6.45, 7) is 0. The Morgan fingerprint density at radius 3 is 2.61 bits per heavy atom. The lowest BCUT2D eigenvalue weighted by molar-refractivity contribution is 0.402. The molecule has 0 atom stereocenters. The molecule has 0 saturated carbocycles. The van der Waals surface area contributed by atoms with Crippen LogP contribution in [0.3, 0.4) is 0 Å². The van der Waals surface area contributed by atoms with E-state index >= 15 is 0 Å². The molecule has 3 rings (SSSR count). The maximum Gasteiger partial charge on any atom is 0.246 e. The molecule has 18 heavy (non-hydrogen) atoms. The summed E-state index contributed by atoms with van der Waals surface area (Å²) in [5, 5.41) is 19.3. The van der Waals surface area contributed by atoms with E-state index in [0.717, 1.165) is 10.8 Å². The van der Waals surface area contributed by atoms with Crippen molar-refractivity contribution in [1.82, 2.24) is 10.2 Å². The summed E-state index contributed by atoms with van der Waals surface area (Å²) in [5.74, 6) is 0.824. The van der Waals surface area contributed by atoms with Gasteiger partial charge in [0.2, 0.25) is 5.88 Å². The number of ether oxygens (including phenoxy) is 1. The molecule has 3 aromatic rings. The van der Waals surface area contributed by atoms with Crippen LogP contribution in [0.1, 0.15) is 0 Å². The van der Waals surface area contributed by atoms with E-state index in [9.17, 15) is 5.11 Å². The van der Waals surface area contributed by atoms with Crippen LogP contribution in [0.4, 0.5) is 0 Å². The number of benzene rings is 2. The molecule has 1 heterocycles. The second-order valence-corrected chi connectivity index (χ2v) is 3.81. The van der Waals surface area contributed by atoms with Gasteiger partial charge >= 0.3 is 0 Å². The highest BCUT2D eigenvalue weighted by atomic mass is 16.5. The first-order chi connectivity index (χ1) is 8.84. The Labute approximate surface area is 103 Å². The SMILES string of the molecule is Oc1ccccc1Oc1nncc2ccccc12. The van der Waals surface area contributed by atoms with Crippen molar-refractivity contribution in [2.45, 2.75) is 0 Å². The number of aromatic nitrogens is 2. The van der Waals surface area contributed by atoms with Crippen LogP contribution in [-0.4, -0.2) is 15.3 Å². The Morgan fingerprint density at radius 1 is 0.944 bits per heavy atom. The zero-order valence-electron chi connectivity index (χ0n) is 9.45. The lowest BCUT2D eigenvalue weighted by Crippen LogP contribution is -1.91. The third-order valence-electron chi connectivity index (χ3n) is 2.61. The first-order valence-electron chi connectivity index (χ1n) is 5.51. The van der Waals surface area contributed by atoms with E-state index in [4.69, 9.17) is 4.74 Å². The molecule has 0 unspecified atom stereocenters. The Hall–Kier alpha value is -2.62. The van der Waals surface area contributed by atoms with Gasteiger partial charge in [-0.05, 0) is 18.2 Å². The van der Waals surface area contributed by atoms with Crippen LogP contribution in [0.15, 0.2) is 54.7 Å². The van der Waals surface area contributed by atoms with E-state index in [-0.39, 0.29) is 5.75 Å². The summed E-state index contributed by atoms with van der Waals surface area (Å²) in [6, 6.07) is 14.4. The fourth-order valence-electron chi connectivity index (χ4n) is 1.72. The van der Waals surface area contributed by atoms with Crippen molar-refractivity contribution in [3.05, 3.63) is 54.7 Å². The van der Waals surface area contributed by atoms with Crippen molar-refractivity contribution in [2.75, 3.05) is 0 Å². The van der Waals surface area contributed by atoms with Gasteiger partial charge in [-0.3, -0.25) is 0 Å². The summed E-state index contributed by atoms with van der Waals surface area (Å²) < 4.78 is 5.60. The van der Waals surface area contributed by atoms with E-state index in [2.05, 4.69) is 10.2 Å². The van der Waals surface area contributed by atoms with Gasteiger partial charge in [-0.25, -0.2) is 0 Å². The molecular formula is C14H10N2O2. The lowest BCUT2D eigenvalue weighted by atomic mass is 10.2. The molecule has 0 saturated heterocycles. The van der Waals surface area contributed by atoms with Gasteiger partial charge < -0.3 is 9.84 Å². The fraction of sp³-hybridized carbons (Fsp3) is 0. The Morgan fingerprint density at radius 2 is 1.72 bits per heavy atom. The predicted molar refractivity (Wildman–Crippen MR) is 67.7 cm³/mol. The third kappa shape index (κ3) is 1.84. The van der Waals surface area contributed by atoms with Crippen molar-refractivity contribution in [1.29, 1.82) is 0 Å². The Bertz CT molecular complexity index is 693. The molecule has 0 aliphatic heterocycles. The number of rotatable bonds is 2. The zero-order valence-corrected chi connectivity index (χ0v) is 9.45. The summed E-state index contributed by atoms with van der Waals surface area (Å²) in [7, 11) is 0. The minimum atomic E-state index is 0.0761. The van der Waals surface area contributed by atoms with Gasteiger partial charge in [-0.2, -0.15) is 5.10 Å². The molecule has 4 heteroatoms. The largest absolute Gasteiger partial charge is 0.504 e. The molecule has 88 valence electrons. The maximum absolute atomic E-state index is 9.67. The van der Waals surface area contributed by atoms with Crippen LogP contribution < -0.4 is 4.74 Å². The van der Waals surface area contributed by atoms with Crippen LogP contribution in [0.2, 0.25) is 0 Å². The number of phenolic OH excluding ortho intramolecular Hbond substituents is 1. The van der Waals surface area contributed by atoms with Crippen LogP contribution in [0, 0.1) is 0 Å². The van der Waals surface area contributed by atoms with Crippen LogP contribution in [0.5, 0.6) is 17.4 Å². The topological polar surface area (TPSA) is 55.2 Å². The van der Waals surface area contributed by atoms with E-state index in [1.165, 1.54) is 0 Å². The van der Waals surface area contributed by atoms with Gasteiger partial charge in [-0.1, -0.05) is 30.3 Å². The predicted octanol–water partition coefficient (Wildman–Crippen LogP) is 3.13. The Balaban J connectivity index is 2.08. The van der Waals surface area contributed by atoms with Gasteiger partial charge in [0.1, 0.15) is 0 Å². The lowest BCUT2D eigenvalue weighted by Gasteiger charge is -2.07. The van der Waals surface area contributed by atoms with E-state index in [1.807, 2.05) is 24.3 Å². The molecule has 0 bridgehead atoms. The molecule has 1 N–H and O–H groups in total. The van der Waals surface area contributed by atoms with Crippen LogP contribution >= 0.6 is 0 Å². The molecule has 0 spiro atoms. The van der Waals surface area contributed by atoms with Gasteiger partial charge in [0.05, 0.1) is 6.20 Å². The second-order valence-electron chi connectivity index (χ2n) is 3.81. The summed E-state index contributed by atoms with van der Waals surface area (Å²) in [6.07, 6.45) is 1.67. The molecule has 0 aliphatic carbocycles. The molecule has 2 aromatic carbocycles. The normalized spacial score (nSPS) is 10.4. The summed E-state index contributed by atoms with van der Waals surface area (Å²) in [4.78, 5) is 0. The fourth-order valence-corrected chi connectivity index (χ4v) is 1.72. The summed E-state index contributed by atoms with van der Waals surface area (Å²) in [5.41, 5.74) is 0. The molecular weight excluding hydrogens is 228 g/mol. The van der Waals surface area contributed by atoms with Crippen molar-refractivity contribution >= 4 is 10.8 Å². The molecule has 0 amide bonds. The van der Waals surface area contributed by atoms with Crippen molar-refractivity contribution in [3.8, 4) is 17.4 Å². The minimum absolute atomic E-state index is 0.0761. The van der Waals surface area contributed by atoms with Gasteiger partial charge in [0.25, 0.3) is 0 Å². The number of hydrogen-bond acceptors (Lipinski definition) is 4. The van der Waals surface area contributed by atoms with Crippen molar-refractivity contribution in [3.63, 3.8) is 0 Å². The van der Waals surface area contributed by atoms with E-state index < -0.39 is 0 Å². The highest BCUT2D eigenvalue weighted by Crippen LogP contribution is 2.31. The first kappa shape index (κ1) is 10.5. The average Bonchev–Trinajstić information content (AvgIpc) is 2.42. The third-order valence-corrected chi connectivity index (χ3v) is 2.61. The maximum atomic E-state index is 9.67. The number of phenols is 1. The quantitative estimate of drug-likeness (QED) is 0.745. The average molecular weight is 238 g/mol. The van der Waals surface area contributed by atoms with E-state index in [1.54, 1.807) is 30.5 Å². The molecule has 1 aromatic heterocycles. The van der Waals surface area contributed by atoms with Gasteiger partial charge in [0.15, 0.2) is 11.5 Å². The number of hydrogen-bond donors (Lipinski definition) is 1. The van der Waals surface area contributed by atoms with Crippen LogP contribution in [-0.2, 0) is 0 Å². The van der Waals surface area contributed by atoms with Gasteiger partial charge in [-0.15, -0.1) is 5.10 Å². The van der Waals surface area contributed by atoms with Crippen LogP contribution in [0.25, 0.3) is 10.8 Å². The molecule has 0 fully saturated rings. The molecule has 0 radical (unpaired) electrons. The van der Waals surface area contributed by atoms with Crippen molar-refractivity contribution in [2.24, 2.45) is 0 Å². The number of fused-ring (bicyclic) bond motifs is 1. The van der Waals surface area contributed by atoms with Crippen molar-refractivity contribution < 1.29 is 9.84 Å². The van der Waals surface area contributed by atoms with Gasteiger partial charge in [0, 0.05) is 10.8 Å². The molecule has 4 nitrogen and oxygen atoms in total. The standard InChI is InChI=1S/C14H10N2O2/c17-12-7-3-4-8-13(12)18-14-11-6-2-1-5-10(11)9-15-16-14/h1-9,17H.